The first-order chi connectivity index (χ1) is 10.5. The Kier molecular flexibility index (Phi) is 3.19. The second-order valence-electron chi connectivity index (χ2n) is 8.60. The van der Waals surface area contributed by atoms with Crippen molar-refractivity contribution in [2.75, 3.05) is 0 Å². The van der Waals surface area contributed by atoms with E-state index in [0.717, 1.165) is 50.4 Å². The van der Waals surface area contributed by atoms with Crippen molar-refractivity contribution >= 4 is 5.78 Å². The number of hydrogen-bond donors (Lipinski definition) is 0. The van der Waals surface area contributed by atoms with Gasteiger partial charge in [0.15, 0.2) is 0 Å². The minimum atomic E-state index is -0.0303. The lowest BCUT2D eigenvalue weighted by Gasteiger charge is -2.57. The Balaban J connectivity index is 1.69. The highest BCUT2D eigenvalue weighted by molar-refractivity contribution is 5.87. The van der Waals surface area contributed by atoms with Crippen LogP contribution in [0.5, 0.6) is 0 Å². The molecular weight excluding hydrogens is 275 g/mol. The molecule has 120 valence electrons. The van der Waals surface area contributed by atoms with Crippen LogP contribution in [-0.4, -0.2) is 5.78 Å². The van der Waals surface area contributed by atoms with E-state index in [0.29, 0.717) is 23.5 Å². The molecule has 3 fully saturated rings. The van der Waals surface area contributed by atoms with Crippen molar-refractivity contribution in [2.24, 2.45) is 28.6 Å². The summed E-state index contributed by atoms with van der Waals surface area (Å²) in [7, 11) is 0. The summed E-state index contributed by atoms with van der Waals surface area (Å²) in [6.45, 7) is 4.66. The van der Waals surface area contributed by atoms with Gasteiger partial charge in [0.2, 0.25) is 0 Å². The van der Waals surface area contributed by atoms with Gasteiger partial charge in [0.1, 0.15) is 5.78 Å². The van der Waals surface area contributed by atoms with E-state index < -0.39 is 0 Å². The maximum atomic E-state index is 12.9. The number of fused-ring (bicyclic) bond motifs is 5. The standard InChI is InChI=1S/C20H27FO/c1-19-9-7-13(12-21)11-14(19)3-4-15-16-5-6-18(22)20(16,2)10-8-17(15)19/h11-12,15-17H,3-10H2,1-2H3/b13-12-/t15-,16-,17-,19-,20-/m0/s1. The molecule has 0 unspecified atom stereocenters. The molecule has 0 radical (unpaired) electrons. The molecule has 0 aromatic rings. The van der Waals surface area contributed by atoms with Gasteiger partial charge in [0.25, 0.3) is 0 Å². The van der Waals surface area contributed by atoms with Crippen LogP contribution in [0, 0.1) is 28.6 Å². The molecule has 22 heavy (non-hydrogen) atoms. The summed E-state index contributed by atoms with van der Waals surface area (Å²) < 4.78 is 12.9. The van der Waals surface area contributed by atoms with Crippen LogP contribution in [0.2, 0.25) is 0 Å². The highest BCUT2D eigenvalue weighted by atomic mass is 19.1. The van der Waals surface area contributed by atoms with Crippen LogP contribution in [-0.2, 0) is 4.79 Å². The molecule has 1 nitrogen and oxygen atoms in total. The van der Waals surface area contributed by atoms with Crippen molar-refractivity contribution in [3.8, 4) is 0 Å². The smallest absolute Gasteiger partial charge is 0.139 e. The molecule has 0 saturated heterocycles. The first-order valence-electron chi connectivity index (χ1n) is 9.02. The highest BCUT2D eigenvalue weighted by Gasteiger charge is 2.58. The summed E-state index contributed by atoms with van der Waals surface area (Å²) >= 11 is 0. The Bertz CT molecular complexity index is 574. The molecule has 3 saturated carbocycles. The summed E-state index contributed by atoms with van der Waals surface area (Å²) in [5.74, 6) is 2.55. The Morgan fingerprint density at radius 1 is 1.05 bits per heavy atom. The molecule has 0 aliphatic heterocycles. The van der Waals surface area contributed by atoms with E-state index in [1.54, 1.807) is 0 Å². The minimum Gasteiger partial charge on any atom is -0.299 e. The van der Waals surface area contributed by atoms with E-state index in [2.05, 4.69) is 19.9 Å². The van der Waals surface area contributed by atoms with Crippen molar-refractivity contribution in [2.45, 2.75) is 65.2 Å². The van der Waals surface area contributed by atoms with Gasteiger partial charge in [-0.05, 0) is 73.7 Å². The first kappa shape index (κ1) is 14.7. The van der Waals surface area contributed by atoms with Gasteiger partial charge in [0.05, 0.1) is 6.33 Å². The van der Waals surface area contributed by atoms with Crippen LogP contribution in [0.4, 0.5) is 4.39 Å². The molecule has 0 aromatic heterocycles. The third kappa shape index (κ3) is 1.79. The zero-order valence-electron chi connectivity index (χ0n) is 13.8. The first-order valence-corrected chi connectivity index (χ1v) is 9.02. The van der Waals surface area contributed by atoms with Gasteiger partial charge in [-0.25, -0.2) is 4.39 Å². The molecule has 4 aliphatic carbocycles. The Morgan fingerprint density at radius 3 is 2.59 bits per heavy atom. The third-order valence-electron chi connectivity index (χ3n) is 7.88. The van der Waals surface area contributed by atoms with Gasteiger partial charge in [-0.15, -0.1) is 0 Å². The Labute approximate surface area is 133 Å². The zero-order chi connectivity index (χ0) is 15.5. The molecule has 4 aliphatic rings. The molecule has 0 heterocycles. The van der Waals surface area contributed by atoms with Crippen molar-refractivity contribution in [1.82, 2.24) is 0 Å². The van der Waals surface area contributed by atoms with Crippen LogP contribution in [0.1, 0.15) is 65.2 Å². The second-order valence-corrected chi connectivity index (χ2v) is 8.60. The van der Waals surface area contributed by atoms with E-state index in [4.69, 9.17) is 0 Å². The monoisotopic (exact) mass is 302 g/mol. The predicted molar refractivity (Wildman–Crippen MR) is 85.9 cm³/mol. The van der Waals surface area contributed by atoms with Gasteiger partial charge in [-0.1, -0.05) is 25.5 Å². The fourth-order valence-corrected chi connectivity index (χ4v) is 6.47. The lowest BCUT2D eigenvalue weighted by molar-refractivity contribution is -0.132. The Morgan fingerprint density at radius 2 is 1.82 bits per heavy atom. The maximum absolute atomic E-state index is 12.9. The molecule has 0 N–H and O–H groups in total. The minimum absolute atomic E-state index is 0.0303. The molecular formula is C20H27FO. The summed E-state index contributed by atoms with van der Waals surface area (Å²) in [4.78, 5) is 12.4. The van der Waals surface area contributed by atoms with E-state index in [1.807, 2.05) is 0 Å². The molecule has 0 aromatic carbocycles. The fourth-order valence-electron chi connectivity index (χ4n) is 6.47. The van der Waals surface area contributed by atoms with Gasteiger partial charge in [0, 0.05) is 11.8 Å². The van der Waals surface area contributed by atoms with Gasteiger partial charge in [-0.2, -0.15) is 0 Å². The average molecular weight is 302 g/mol. The van der Waals surface area contributed by atoms with E-state index >= 15 is 0 Å². The number of allylic oxidation sites excluding steroid dienone is 3. The number of carbonyl (C=O) groups is 1. The van der Waals surface area contributed by atoms with Crippen molar-refractivity contribution in [3.05, 3.63) is 23.6 Å². The van der Waals surface area contributed by atoms with Crippen LogP contribution in [0.25, 0.3) is 0 Å². The molecule has 0 amide bonds. The Hall–Kier alpha value is -0.920. The SMILES string of the molecule is C[C@]12CC/C(=C/F)C=C1CC[C@@H]1[C@@H]2CC[C@]2(C)C(=O)CC[C@@H]12. The van der Waals surface area contributed by atoms with Crippen molar-refractivity contribution in [1.29, 1.82) is 0 Å². The quantitative estimate of drug-likeness (QED) is 0.588. The van der Waals surface area contributed by atoms with E-state index in [1.165, 1.54) is 18.4 Å². The molecule has 0 spiro atoms. The van der Waals surface area contributed by atoms with Crippen molar-refractivity contribution in [3.63, 3.8) is 0 Å². The number of hydrogen-bond acceptors (Lipinski definition) is 1. The fraction of sp³-hybridized carbons (Fsp3) is 0.750. The van der Waals surface area contributed by atoms with Gasteiger partial charge in [-0.3, -0.25) is 4.79 Å². The maximum Gasteiger partial charge on any atom is 0.139 e. The number of ketones is 1. The summed E-state index contributed by atoms with van der Waals surface area (Å²) in [5.41, 5.74) is 2.58. The number of halogens is 1. The van der Waals surface area contributed by atoms with Gasteiger partial charge >= 0.3 is 0 Å². The lowest BCUT2D eigenvalue weighted by atomic mass is 9.47. The van der Waals surface area contributed by atoms with Crippen LogP contribution >= 0.6 is 0 Å². The number of carbonyl (C=O) groups excluding carboxylic acids is 1. The lowest BCUT2D eigenvalue weighted by Crippen LogP contribution is -2.50. The predicted octanol–water partition coefficient (Wildman–Crippen LogP) is 5.37. The van der Waals surface area contributed by atoms with Crippen LogP contribution < -0.4 is 0 Å². The molecule has 0 bridgehead atoms. The van der Waals surface area contributed by atoms with Gasteiger partial charge < -0.3 is 0 Å². The third-order valence-corrected chi connectivity index (χ3v) is 7.88. The van der Waals surface area contributed by atoms with E-state index in [9.17, 15) is 9.18 Å². The van der Waals surface area contributed by atoms with Crippen LogP contribution in [0.15, 0.2) is 23.6 Å². The van der Waals surface area contributed by atoms with Crippen molar-refractivity contribution < 1.29 is 9.18 Å². The normalized spacial score (nSPS) is 49.4. The second kappa shape index (κ2) is 4.79. The molecule has 5 atom stereocenters. The summed E-state index contributed by atoms with van der Waals surface area (Å²) in [6, 6.07) is 0. The number of rotatable bonds is 0. The largest absolute Gasteiger partial charge is 0.299 e. The number of Topliss-reactive ketones (excluding diaryl/α,β-unsaturated/α-hetero) is 1. The molecule has 2 heteroatoms. The molecule has 4 rings (SSSR count). The summed E-state index contributed by atoms with van der Waals surface area (Å²) in [6.07, 6.45) is 11.4. The zero-order valence-corrected chi connectivity index (χ0v) is 13.8. The summed E-state index contributed by atoms with van der Waals surface area (Å²) in [5, 5.41) is 0. The highest BCUT2D eigenvalue weighted by Crippen LogP contribution is 2.64. The topological polar surface area (TPSA) is 17.1 Å². The van der Waals surface area contributed by atoms with Crippen LogP contribution in [0.3, 0.4) is 0 Å². The van der Waals surface area contributed by atoms with E-state index in [-0.39, 0.29) is 10.8 Å². The average Bonchev–Trinajstić information content (AvgIpc) is 2.82.